The number of nitrogens with zero attached hydrogens (tertiary/aromatic N) is 1. The van der Waals surface area contributed by atoms with Crippen molar-refractivity contribution >= 4 is 0 Å². The van der Waals surface area contributed by atoms with E-state index < -0.39 is 12.8 Å². The molecule has 1 aliphatic heterocycles. The molecule has 0 aromatic heterocycles. The highest BCUT2D eigenvalue weighted by Gasteiger charge is 2.27. The van der Waals surface area contributed by atoms with Gasteiger partial charge in [0.1, 0.15) is 6.61 Å². The molecule has 0 atom stereocenters. The molecule has 0 aromatic rings. The number of nitrogens with two attached hydrogens (primary N) is 1. The molecule has 0 spiro atoms. The second-order valence-electron chi connectivity index (χ2n) is 3.54. The number of halogens is 3. The first-order valence-corrected chi connectivity index (χ1v) is 4.60. The van der Waals surface area contributed by atoms with Crippen LogP contribution in [0.4, 0.5) is 13.2 Å². The first kappa shape index (κ1) is 11.7. The lowest BCUT2D eigenvalue weighted by Gasteiger charge is -2.36. The lowest BCUT2D eigenvalue weighted by molar-refractivity contribution is -0.174. The largest absolute Gasteiger partial charge is 0.411 e. The Morgan fingerprint density at radius 1 is 1.36 bits per heavy atom. The minimum absolute atomic E-state index is 0.158. The minimum atomic E-state index is -4.21. The molecule has 14 heavy (non-hydrogen) atoms. The van der Waals surface area contributed by atoms with Crippen LogP contribution in [0.3, 0.4) is 0 Å². The summed E-state index contributed by atoms with van der Waals surface area (Å²) in [5.74, 6) is 0. The molecule has 2 N–H and O–H groups in total. The summed E-state index contributed by atoms with van der Waals surface area (Å²) in [7, 11) is 0. The molecule has 1 rings (SSSR count). The quantitative estimate of drug-likeness (QED) is 0.678. The Balaban J connectivity index is 1.85. The van der Waals surface area contributed by atoms with Crippen LogP contribution in [0.2, 0.25) is 0 Å². The summed E-state index contributed by atoms with van der Waals surface area (Å²) in [5.41, 5.74) is 5.53. The van der Waals surface area contributed by atoms with Gasteiger partial charge in [0.15, 0.2) is 0 Å². The van der Waals surface area contributed by atoms with Crippen LogP contribution in [0.1, 0.15) is 6.42 Å². The molecule has 0 aromatic carbocycles. The van der Waals surface area contributed by atoms with E-state index in [2.05, 4.69) is 9.64 Å². The Bertz CT molecular complexity index is 168. The predicted octanol–water partition coefficient (Wildman–Crippen LogP) is 0.598. The van der Waals surface area contributed by atoms with Crippen LogP contribution in [0.15, 0.2) is 0 Å². The van der Waals surface area contributed by atoms with E-state index in [0.29, 0.717) is 6.42 Å². The molecule has 0 unspecified atom stereocenters. The van der Waals surface area contributed by atoms with E-state index in [-0.39, 0.29) is 12.6 Å². The van der Waals surface area contributed by atoms with E-state index in [1.165, 1.54) is 0 Å². The Labute approximate surface area is 81.0 Å². The first-order valence-electron chi connectivity index (χ1n) is 4.60. The van der Waals surface area contributed by atoms with E-state index in [9.17, 15) is 13.2 Å². The third-order valence-electron chi connectivity index (χ3n) is 2.01. The lowest BCUT2D eigenvalue weighted by atomic mass is 10.1. The second-order valence-corrected chi connectivity index (χ2v) is 3.54. The van der Waals surface area contributed by atoms with Crippen molar-refractivity contribution in [3.05, 3.63) is 0 Å². The Kier molecular flexibility index (Phi) is 4.15. The maximum absolute atomic E-state index is 11.6. The van der Waals surface area contributed by atoms with Crippen LogP contribution < -0.4 is 5.73 Å². The minimum Gasteiger partial charge on any atom is -0.372 e. The van der Waals surface area contributed by atoms with Crippen LogP contribution in [0, 0.1) is 0 Å². The lowest BCUT2D eigenvalue weighted by Crippen LogP contribution is -2.55. The third kappa shape index (κ3) is 4.78. The van der Waals surface area contributed by atoms with Gasteiger partial charge in [-0.25, -0.2) is 0 Å². The van der Waals surface area contributed by atoms with Crippen LogP contribution >= 0.6 is 0 Å². The SMILES string of the molecule is NC1CN(CCCOCC(F)(F)F)C1. The van der Waals surface area contributed by atoms with Crippen molar-refractivity contribution in [1.82, 2.24) is 4.90 Å². The number of ether oxygens (including phenoxy) is 1. The van der Waals surface area contributed by atoms with Gasteiger partial charge in [-0.05, 0) is 6.42 Å². The zero-order valence-corrected chi connectivity index (χ0v) is 7.89. The molecular weight excluding hydrogens is 197 g/mol. The van der Waals surface area contributed by atoms with Crippen molar-refractivity contribution in [3.8, 4) is 0 Å². The number of rotatable bonds is 5. The number of hydrogen-bond acceptors (Lipinski definition) is 3. The molecule has 0 amide bonds. The van der Waals surface area contributed by atoms with Gasteiger partial charge in [-0.2, -0.15) is 13.2 Å². The van der Waals surface area contributed by atoms with Crippen LogP contribution in [-0.4, -0.2) is 50.0 Å². The van der Waals surface area contributed by atoms with Crippen LogP contribution in [0.5, 0.6) is 0 Å². The topological polar surface area (TPSA) is 38.5 Å². The van der Waals surface area contributed by atoms with E-state index in [1.807, 2.05) is 0 Å². The van der Waals surface area contributed by atoms with Gasteiger partial charge in [0.05, 0.1) is 0 Å². The summed E-state index contributed by atoms with van der Waals surface area (Å²) in [5, 5.41) is 0. The summed E-state index contributed by atoms with van der Waals surface area (Å²) in [6, 6.07) is 0.242. The van der Waals surface area contributed by atoms with Gasteiger partial charge in [-0.3, -0.25) is 0 Å². The Morgan fingerprint density at radius 3 is 2.50 bits per heavy atom. The van der Waals surface area contributed by atoms with E-state index in [4.69, 9.17) is 5.73 Å². The Hall–Kier alpha value is -0.330. The van der Waals surface area contributed by atoms with Gasteiger partial charge < -0.3 is 15.4 Å². The predicted molar refractivity (Wildman–Crippen MR) is 45.9 cm³/mol. The van der Waals surface area contributed by atoms with Crippen LogP contribution in [0.25, 0.3) is 0 Å². The van der Waals surface area contributed by atoms with E-state index >= 15 is 0 Å². The summed E-state index contributed by atoms with van der Waals surface area (Å²) < 4.78 is 39.3. The van der Waals surface area contributed by atoms with Gasteiger partial charge in [0, 0.05) is 32.3 Å². The molecule has 0 bridgehead atoms. The molecule has 3 nitrogen and oxygen atoms in total. The molecule has 0 aliphatic carbocycles. The summed E-state index contributed by atoms with van der Waals surface area (Å²) in [6.07, 6.45) is -3.58. The first-order chi connectivity index (χ1) is 6.47. The average molecular weight is 212 g/mol. The third-order valence-corrected chi connectivity index (χ3v) is 2.01. The normalized spacial score (nSPS) is 19.7. The molecular formula is C8H15F3N2O. The standard InChI is InChI=1S/C8H15F3N2O/c9-8(10,11)6-14-3-1-2-13-4-7(12)5-13/h7H,1-6,12H2. The number of hydrogen-bond donors (Lipinski definition) is 1. The van der Waals surface area contributed by atoms with E-state index in [0.717, 1.165) is 19.6 Å². The van der Waals surface area contributed by atoms with Crippen molar-refractivity contribution < 1.29 is 17.9 Å². The molecule has 1 saturated heterocycles. The van der Waals surface area contributed by atoms with Gasteiger partial charge in [0.2, 0.25) is 0 Å². The highest BCUT2D eigenvalue weighted by Crippen LogP contribution is 2.14. The highest BCUT2D eigenvalue weighted by atomic mass is 19.4. The summed E-state index contributed by atoms with van der Waals surface area (Å²) in [4.78, 5) is 2.10. The molecule has 1 heterocycles. The van der Waals surface area contributed by atoms with Crippen LogP contribution in [-0.2, 0) is 4.74 Å². The smallest absolute Gasteiger partial charge is 0.372 e. The fourth-order valence-corrected chi connectivity index (χ4v) is 1.37. The molecule has 0 radical (unpaired) electrons. The van der Waals surface area contributed by atoms with Gasteiger partial charge >= 0.3 is 6.18 Å². The summed E-state index contributed by atoms with van der Waals surface area (Å²) in [6.45, 7) is 1.47. The monoisotopic (exact) mass is 212 g/mol. The van der Waals surface area contributed by atoms with Crippen molar-refractivity contribution in [3.63, 3.8) is 0 Å². The maximum atomic E-state index is 11.6. The van der Waals surface area contributed by atoms with Crippen molar-refractivity contribution in [1.29, 1.82) is 0 Å². The average Bonchev–Trinajstić information content (AvgIpc) is 1.98. The molecule has 1 fully saturated rings. The molecule has 1 aliphatic rings. The van der Waals surface area contributed by atoms with Crippen molar-refractivity contribution in [2.75, 3.05) is 32.8 Å². The molecule has 84 valence electrons. The molecule has 6 heteroatoms. The highest BCUT2D eigenvalue weighted by molar-refractivity contribution is 4.81. The summed E-state index contributed by atoms with van der Waals surface area (Å²) >= 11 is 0. The number of alkyl halides is 3. The zero-order valence-electron chi connectivity index (χ0n) is 7.89. The molecule has 0 saturated carbocycles. The zero-order chi connectivity index (χ0) is 10.6. The Morgan fingerprint density at radius 2 is 2.00 bits per heavy atom. The van der Waals surface area contributed by atoms with E-state index in [1.54, 1.807) is 0 Å². The second kappa shape index (κ2) is 4.95. The number of likely N-dealkylation sites (tertiary alicyclic amines) is 1. The maximum Gasteiger partial charge on any atom is 0.411 e. The van der Waals surface area contributed by atoms with Gasteiger partial charge in [-0.1, -0.05) is 0 Å². The van der Waals surface area contributed by atoms with Crippen molar-refractivity contribution in [2.24, 2.45) is 5.73 Å². The van der Waals surface area contributed by atoms with Crippen molar-refractivity contribution in [2.45, 2.75) is 18.6 Å². The fourth-order valence-electron chi connectivity index (χ4n) is 1.37. The van der Waals surface area contributed by atoms with Gasteiger partial charge in [-0.15, -0.1) is 0 Å². The van der Waals surface area contributed by atoms with Gasteiger partial charge in [0.25, 0.3) is 0 Å². The fraction of sp³-hybridized carbons (Fsp3) is 1.00.